The average Bonchev–Trinajstić information content (AvgIpc) is 2.58. The monoisotopic (exact) mass is 262 g/mol. The van der Waals surface area contributed by atoms with Crippen LogP contribution in [0.1, 0.15) is 12.1 Å². The topological polar surface area (TPSA) is 50.0 Å². The van der Waals surface area contributed by atoms with Crippen LogP contribution in [0.3, 0.4) is 0 Å². The zero-order valence-corrected chi connectivity index (χ0v) is 10.9. The Bertz CT molecular complexity index is 630. The summed E-state index contributed by atoms with van der Waals surface area (Å²) < 4.78 is 11.9. The summed E-state index contributed by atoms with van der Waals surface area (Å²) in [6.07, 6.45) is 0.912. The van der Waals surface area contributed by atoms with Crippen molar-refractivity contribution in [1.82, 2.24) is 9.97 Å². The van der Waals surface area contributed by atoms with Crippen LogP contribution in [-0.4, -0.2) is 23.2 Å². The normalized spacial score (nSPS) is 14.3. The van der Waals surface area contributed by atoms with E-state index in [1.807, 2.05) is 25.1 Å². The minimum atomic E-state index is 0.634. The second kappa shape index (κ2) is 4.49. The van der Waals surface area contributed by atoms with Gasteiger partial charge in [-0.15, -0.1) is 0 Å². The zero-order chi connectivity index (χ0) is 12.5. The molecule has 0 aliphatic carbocycles. The molecule has 4 nitrogen and oxygen atoms in total. The molecule has 1 aliphatic rings. The van der Waals surface area contributed by atoms with Gasteiger partial charge in [-0.25, -0.2) is 0 Å². The molecule has 94 valence electrons. The number of hydrogen-bond acceptors (Lipinski definition) is 3. The van der Waals surface area contributed by atoms with Crippen LogP contribution in [0.4, 0.5) is 0 Å². The third kappa shape index (κ3) is 2.01. The Hall–Kier alpha value is -1.75. The van der Waals surface area contributed by atoms with E-state index in [1.54, 1.807) is 0 Å². The lowest BCUT2D eigenvalue weighted by atomic mass is 10.1. The number of fused-ring (bicyclic) bond motifs is 1. The Morgan fingerprint density at radius 1 is 1.11 bits per heavy atom. The zero-order valence-electron chi connectivity index (χ0n) is 10.1. The molecular weight excluding hydrogens is 248 g/mol. The highest BCUT2D eigenvalue weighted by Crippen LogP contribution is 2.34. The lowest BCUT2D eigenvalue weighted by Crippen LogP contribution is -1.97. The maximum absolute atomic E-state index is 5.68. The summed E-state index contributed by atoms with van der Waals surface area (Å²) in [5.74, 6) is 1.60. The van der Waals surface area contributed by atoms with Gasteiger partial charge in [0, 0.05) is 17.7 Å². The van der Waals surface area contributed by atoms with E-state index >= 15 is 0 Å². The highest BCUT2D eigenvalue weighted by atomic mass is 32.1. The van der Waals surface area contributed by atoms with Crippen LogP contribution in [0, 0.1) is 11.7 Å². The predicted octanol–water partition coefficient (Wildman–Crippen LogP) is 3.21. The first kappa shape index (κ1) is 11.3. The first-order chi connectivity index (χ1) is 8.74. The van der Waals surface area contributed by atoms with Gasteiger partial charge in [-0.1, -0.05) is 0 Å². The molecule has 0 bridgehead atoms. The minimum absolute atomic E-state index is 0.634. The lowest BCUT2D eigenvalue weighted by molar-refractivity contribution is 0.297. The van der Waals surface area contributed by atoms with Crippen molar-refractivity contribution in [2.24, 2.45) is 0 Å². The van der Waals surface area contributed by atoms with Crippen LogP contribution in [0.25, 0.3) is 11.3 Å². The number of aryl methyl sites for hydroxylation is 1. The van der Waals surface area contributed by atoms with Crippen molar-refractivity contribution in [2.75, 3.05) is 13.2 Å². The van der Waals surface area contributed by atoms with Gasteiger partial charge in [0.1, 0.15) is 0 Å². The molecular formula is C13H14N2O2S. The Morgan fingerprint density at radius 2 is 1.89 bits per heavy atom. The fourth-order valence-electron chi connectivity index (χ4n) is 2.08. The van der Waals surface area contributed by atoms with E-state index < -0.39 is 0 Å². The van der Waals surface area contributed by atoms with Crippen LogP contribution in [0.5, 0.6) is 11.5 Å². The second-order valence-electron chi connectivity index (χ2n) is 4.29. The quantitative estimate of drug-likeness (QED) is 0.776. The highest BCUT2D eigenvalue weighted by Gasteiger charge is 2.13. The van der Waals surface area contributed by atoms with Gasteiger partial charge in [-0.2, -0.15) is 0 Å². The van der Waals surface area contributed by atoms with Crippen molar-refractivity contribution in [3.8, 4) is 22.8 Å². The maximum atomic E-state index is 5.68. The van der Waals surface area contributed by atoms with Gasteiger partial charge in [0.2, 0.25) is 0 Å². The van der Waals surface area contributed by atoms with Crippen LogP contribution < -0.4 is 9.47 Å². The number of rotatable bonds is 1. The summed E-state index contributed by atoms with van der Waals surface area (Å²) in [5.41, 5.74) is 3.06. The molecule has 1 aromatic heterocycles. The molecule has 5 heteroatoms. The van der Waals surface area contributed by atoms with Gasteiger partial charge in [0.05, 0.1) is 18.9 Å². The Morgan fingerprint density at radius 3 is 2.61 bits per heavy atom. The van der Waals surface area contributed by atoms with Gasteiger partial charge >= 0.3 is 0 Å². The first-order valence-corrected chi connectivity index (χ1v) is 6.34. The molecule has 2 aromatic rings. The molecule has 0 saturated carbocycles. The molecule has 2 N–H and O–H groups in total. The molecule has 0 fully saturated rings. The van der Waals surface area contributed by atoms with E-state index in [1.165, 1.54) is 0 Å². The fraction of sp³-hybridized carbons (Fsp3) is 0.308. The number of aromatic nitrogens is 2. The number of imidazole rings is 1. The summed E-state index contributed by atoms with van der Waals surface area (Å²) in [6, 6.07) is 5.94. The molecule has 0 radical (unpaired) electrons. The molecule has 0 spiro atoms. The largest absolute Gasteiger partial charge is 0.490 e. The summed E-state index contributed by atoms with van der Waals surface area (Å²) in [4.78, 5) is 6.23. The molecule has 1 aromatic carbocycles. The van der Waals surface area contributed by atoms with Crippen molar-refractivity contribution in [3.05, 3.63) is 28.7 Å². The van der Waals surface area contributed by atoms with Gasteiger partial charge in [0.15, 0.2) is 16.3 Å². The number of benzene rings is 1. The number of nitrogens with one attached hydrogen (secondary N) is 2. The van der Waals surface area contributed by atoms with E-state index in [9.17, 15) is 0 Å². The van der Waals surface area contributed by atoms with E-state index in [2.05, 4.69) is 9.97 Å². The molecule has 3 rings (SSSR count). The van der Waals surface area contributed by atoms with Crippen LogP contribution in [0.2, 0.25) is 0 Å². The van der Waals surface area contributed by atoms with Crippen molar-refractivity contribution < 1.29 is 9.47 Å². The van der Waals surface area contributed by atoms with Gasteiger partial charge in [-0.3, -0.25) is 0 Å². The summed E-state index contributed by atoms with van der Waals surface area (Å²) in [7, 11) is 0. The second-order valence-corrected chi connectivity index (χ2v) is 4.70. The van der Waals surface area contributed by atoms with Gasteiger partial charge < -0.3 is 19.4 Å². The number of ether oxygens (including phenoxy) is 2. The summed E-state index contributed by atoms with van der Waals surface area (Å²) >= 11 is 5.10. The Kier molecular flexibility index (Phi) is 2.83. The van der Waals surface area contributed by atoms with E-state index in [0.29, 0.717) is 18.0 Å². The molecule has 0 unspecified atom stereocenters. The number of H-pyrrole nitrogens is 2. The van der Waals surface area contributed by atoms with Crippen molar-refractivity contribution in [1.29, 1.82) is 0 Å². The Balaban J connectivity index is 2.06. The smallest absolute Gasteiger partial charge is 0.175 e. The van der Waals surface area contributed by atoms with Crippen LogP contribution in [0.15, 0.2) is 18.2 Å². The average molecular weight is 262 g/mol. The summed E-state index contributed by atoms with van der Waals surface area (Å²) in [5, 5.41) is 0. The van der Waals surface area contributed by atoms with Gasteiger partial charge in [-0.05, 0) is 37.3 Å². The number of aromatic amines is 2. The minimum Gasteiger partial charge on any atom is -0.490 e. The molecule has 1 aliphatic heterocycles. The highest BCUT2D eigenvalue weighted by molar-refractivity contribution is 7.71. The van der Waals surface area contributed by atoms with Crippen molar-refractivity contribution in [2.45, 2.75) is 13.3 Å². The molecule has 2 heterocycles. The fourth-order valence-corrected chi connectivity index (χ4v) is 2.33. The van der Waals surface area contributed by atoms with Crippen molar-refractivity contribution in [3.63, 3.8) is 0 Å². The third-order valence-corrected chi connectivity index (χ3v) is 3.15. The van der Waals surface area contributed by atoms with E-state index in [4.69, 9.17) is 21.7 Å². The third-order valence-electron chi connectivity index (χ3n) is 2.95. The SMILES string of the molecule is Cc1[nH]c(=S)[nH]c1-c1ccc2c(c1)OCCCO2. The number of hydrogen-bond donors (Lipinski definition) is 2. The van der Waals surface area contributed by atoms with E-state index in [-0.39, 0.29) is 0 Å². The van der Waals surface area contributed by atoms with Crippen LogP contribution >= 0.6 is 12.2 Å². The standard InChI is InChI=1S/C13H14N2O2S/c1-8-12(15-13(18)14-8)9-3-4-10-11(7-9)17-6-2-5-16-10/h3-4,7H,2,5-6H2,1H3,(H2,14,15,18). The maximum Gasteiger partial charge on any atom is 0.175 e. The van der Waals surface area contributed by atoms with Crippen LogP contribution in [-0.2, 0) is 0 Å². The molecule has 0 amide bonds. The Labute approximate surface area is 110 Å². The molecule has 0 saturated heterocycles. The van der Waals surface area contributed by atoms with E-state index in [0.717, 1.165) is 34.9 Å². The van der Waals surface area contributed by atoms with Gasteiger partial charge in [0.25, 0.3) is 0 Å². The predicted molar refractivity (Wildman–Crippen MR) is 71.8 cm³/mol. The first-order valence-electron chi connectivity index (χ1n) is 5.93. The van der Waals surface area contributed by atoms with Crippen molar-refractivity contribution >= 4 is 12.2 Å². The molecule has 18 heavy (non-hydrogen) atoms. The summed E-state index contributed by atoms with van der Waals surface area (Å²) in [6.45, 7) is 3.39. The lowest BCUT2D eigenvalue weighted by Gasteiger charge is -2.08. The molecule has 0 atom stereocenters.